The van der Waals surface area contributed by atoms with Crippen LogP contribution in [0.25, 0.3) is 53.9 Å². The van der Waals surface area contributed by atoms with Gasteiger partial charge in [-0.25, -0.2) is 14.8 Å². The molecule has 6 heterocycles. The minimum absolute atomic E-state index is 0.0830. The smallest absolute Gasteiger partial charge is 0.407 e. The number of fused-ring (bicyclic) bond motifs is 2. The number of hydrogen-bond donors (Lipinski definition) is 3. The first-order valence-electron chi connectivity index (χ1n) is 17.0. The van der Waals surface area contributed by atoms with Crippen LogP contribution in [-0.4, -0.2) is 75.0 Å². The topological polar surface area (TPSA) is 119 Å². The van der Waals surface area contributed by atoms with Crippen molar-refractivity contribution in [3.63, 3.8) is 0 Å². The van der Waals surface area contributed by atoms with Gasteiger partial charge >= 0.3 is 6.09 Å². The summed E-state index contributed by atoms with van der Waals surface area (Å²) in [5.74, 6) is 1.54. The predicted molar refractivity (Wildman–Crippen MR) is 200 cm³/mol. The molecule has 256 valence electrons. The number of aromatic amines is 2. The lowest BCUT2D eigenvalue weighted by molar-refractivity contribution is -0.135. The van der Waals surface area contributed by atoms with Crippen molar-refractivity contribution in [1.82, 2.24) is 35.1 Å². The van der Waals surface area contributed by atoms with E-state index in [0.29, 0.717) is 6.54 Å². The molecule has 4 aromatic heterocycles. The molecular formula is C38H39N7O3S2. The molecule has 2 aliphatic heterocycles. The molecule has 2 aliphatic rings. The van der Waals surface area contributed by atoms with Crippen molar-refractivity contribution in [3.8, 4) is 33.5 Å². The molecule has 8 rings (SSSR count). The van der Waals surface area contributed by atoms with E-state index in [4.69, 9.17) is 14.7 Å². The number of amides is 2. The van der Waals surface area contributed by atoms with Gasteiger partial charge in [0.15, 0.2) is 0 Å². The molecule has 1 saturated heterocycles. The van der Waals surface area contributed by atoms with E-state index in [0.717, 1.165) is 53.3 Å². The number of rotatable bonds is 8. The third kappa shape index (κ3) is 5.80. The van der Waals surface area contributed by atoms with Gasteiger partial charge in [0.1, 0.15) is 17.7 Å². The molecule has 50 heavy (non-hydrogen) atoms. The summed E-state index contributed by atoms with van der Waals surface area (Å²) in [4.78, 5) is 46.2. The molecule has 0 aliphatic carbocycles. The van der Waals surface area contributed by atoms with Gasteiger partial charge in [0.05, 0.1) is 51.5 Å². The zero-order chi connectivity index (χ0) is 34.5. The van der Waals surface area contributed by atoms with Crippen molar-refractivity contribution >= 4 is 55.1 Å². The number of alkyl carbamates (subject to hydrolysis) is 1. The molecule has 12 heteroatoms. The largest absolute Gasteiger partial charge is 0.453 e. The maximum Gasteiger partial charge on any atom is 0.407 e. The highest BCUT2D eigenvalue weighted by Gasteiger charge is 2.37. The van der Waals surface area contributed by atoms with Crippen molar-refractivity contribution in [2.45, 2.75) is 44.8 Å². The minimum Gasteiger partial charge on any atom is -0.453 e. The third-order valence-corrected chi connectivity index (χ3v) is 12.1. The zero-order valence-electron chi connectivity index (χ0n) is 28.4. The molecule has 1 fully saturated rings. The van der Waals surface area contributed by atoms with Crippen LogP contribution in [0.2, 0.25) is 0 Å². The van der Waals surface area contributed by atoms with Crippen molar-refractivity contribution in [2.75, 3.05) is 27.2 Å². The van der Waals surface area contributed by atoms with E-state index in [1.807, 2.05) is 24.9 Å². The van der Waals surface area contributed by atoms with Gasteiger partial charge in [-0.05, 0) is 54.6 Å². The number of likely N-dealkylation sites (N-methyl/N-ethyl adjacent to an activating group) is 1. The summed E-state index contributed by atoms with van der Waals surface area (Å²) in [6, 6.07) is 14.5. The van der Waals surface area contributed by atoms with Crippen molar-refractivity contribution in [3.05, 3.63) is 83.2 Å². The average molecular weight is 706 g/mol. The number of carbonyl (C=O) groups is 2. The Morgan fingerprint density at radius 1 is 0.980 bits per heavy atom. The number of aromatic nitrogens is 4. The van der Waals surface area contributed by atoms with E-state index in [-0.39, 0.29) is 23.9 Å². The van der Waals surface area contributed by atoms with E-state index in [2.05, 4.69) is 92.6 Å². The Labute approximate surface area is 298 Å². The molecule has 2 aromatic carbocycles. The van der Waals surface area contributed by atoms with Crippen LogP contribution in [0, 0.1) is 5.92 Å². The van der Waals surface area contributed by atoms with E-state index in [1.54, 1.807) is 22.7 Å². The lowest BCUT2D eigenvalue weighted by atomic mass is 10.0. The summed E-state index contributed by atoms with van der Waals surface area (Å²) < 4.78 is 7.35. The maximum absolute atomic E-state index is 13.5. The first-order chi connectivity index (χ1) is 24.3. The number of methoxy groups -OCH3 is 1. The highest BCUT2D eigenvalue weighted by atomic mass is 32.1. The molecule has 3 atom stereocenters. The molecule has 10 nitrogen and oxygen atoms in total. The molecule has 0 saturated carbocycles. The Hall–Kier alpha value is -4.78. The fourth-order valence-corrected chi connectivity index (χ4v) is 9.61. The Morgan fingerprint density at radius 3 is 2.40 bits per heavy atom. The predicted octanol–water partition coefficient (Wildman–Crippen LogP) is 8.15. The molecule has 3 unspecified atom stereocenters. The van der Waals surface area contributed by atoms with Crippen LogP contribution in [0.4, 0.5) is 4.79 Å². The fourth-order valence-electron chi connectivity index (χ4n) is 7.15. The minimum atomic E-state index is -0.664. The van der Waals surface area contributed by atoms with E-state index in [9.17, 15) is 9.59 Å². The van der Waals surface area contributed by atoms with Crippen LogP contribution in [0.3, 0.4) is 0 Å². The number of likely N-dealkylation sites (tertiary alicyclic amines) is 1. The van der Waals surface area contributed by atoms with Gasteiger partial charge in [-0.2, -0.15) is 0 Å². The number of carbonyl (C=O) groups excluding carboxylic acids is 2. The van der Waals surface area contributed by atoms with Gasteiger partial charge in [-0.1, -0.05) is 56.3 Å². The zero-order valence-corrected chi connectivity index (χ0v) is 30.0. The number of H-pyrrole nitrogens is 2. The van der Waals surface area contributed by atoms with Crippen LogP contribution in [-0.2, 0) is 9.53 Å². The van der Waals surface area contributed by atoms with Crippen LogP contribution in [0.15, 0.2) is 71.6 Å². The second-order valence-corrected chi connectivity index (χ2v) is 15.2. The summed E-state index contributed by atoms with van der Waals surface area (Å²) in [7, 11) is 3.42. The Bertz CT molecular complexity index is 2230. The summed E-state index contributed by atoms with van der Waals surface area (Å²) in [6.07, 6.45) is 7.31. The lowest BCUT2D eigenvalue weighted by Gasteiger charge is -2.30. The molecule has 2 amide bonds. The molecule has 6 aromatic rings. The Kier molecular flexibility index (Phi) is 8.54. The summed E-state index contributed by atoms with van der Waals surface area (Å²) in [5, 5.41) is 7.24. The lowest BCUT2D eigenvalue weighted by Crippen LogP contribution is -2.51. The van der Waals surface area contributed by atoms with Gasteiger partial charge in [-0.15, -0.1) is 22.7 Å². The summed E-state index contributed by atoms with van der Waals surface area (Å²) >= 11 is 3.57. The Balaban J connectivity index is 1.000. The van der Waals surface area contributed by atoms with Crippen molar-refractivity contribution < 1.29 is 14.3 Å². The van der Waals surface area contributed by atoms with Crippen LogP contribution in [0.5, 0.6) is 0 Å². The van der Waals surface area contributed by atoms with Crippen LogP contribution >= 0.6 is 22.7 Å². The van der Waals surface area contributed by atoms with Crippen molar-refractivity contribution in [1.29, 1.82) is 0 Å². The molecule has 3 N–H and O–H groups in total. The van der Waals surface area contributed by atoms with Crippen LogP contribution in [0.1, 0.15) is 50.4 Å². The fraction of sp³-hybridized carbons (Fsp3) is 0.316. The van der Waals surface area contributed by atoms with Crippen molar-refractivity contribution in [2.24, 2.45) is 5.92 Å². The number of nitrogens with one attached hydrogen (secondary N) is 3. The van der Waals surface area contributed by atoms with Gasteiger partial charge < -0.3 is 24.9 Å². The number of hydrogen-bond acceptors (Lipinski definition) is 8. The number of nitrogens with zero attached hydrogens (tertiary/aromatic N) is 4. The molecule has 0 radical (unpaired) electrons. The quantitative estimate of drug-likeness (QED) is 0.138. The summed E-state index contributed by atoms with van der Waals surface area (Å²) in [5.41, 5.74) is 8.82. The SMILES string of the molecule is COC(=O)NC(C(=O)N1CCCC1c1ncc(-c2ccc(-c3csc4c(-c5ccc6nc(C7C=CCN7C)[nH]c6c5)csc34)cc2)[nH]1)C(C)C. The van der Waals surface area contributed by atoms with Gasteiger partial charge in [0.25, 0.3) is 0 Å². The van der Waals surface area contributed by atoms with E-state index < -0.39 is 12.1 Å². The van der Waals surface area contributed by atoms with Crippen LogP contribution < -0.4 is 5.32 Å². The molecule has 0 spiro atoms. The molecular weight excluding hydrogens is 667 g/mol. The number of imidazole rings is 2. The number of benzene rings is 2. The second kappa shape index (κ2) is 13.2. The average Bonchev–Trinajstić information content (AvgIpc) is 3.96. The monoisotopic (exact) mass is 705 g/mol. The first-order valence-corrected chi connectivity index (χ1v) is 18.7. The molecule has 0 bridgehead atoms. The number of ether oxygens (including phenoxy) is 1. The van der Waals surface area contributed by atoms with E-state index in [1.165, 1.54) is 38.8 Å². The van der Waals surface area contributed by atoms with Gasteiger partial charge in [0, 0.05) is 35.0 Å². The maximum atomic E-state index is 13.5. The standard InChI is InChI=1S/C38H39N7O3S2/c1-21(2)32(43-38(47)48-4)37(46)45-16-6-8-31(45)35-39-18-29(42-35)23-11-9-22(10-12-23)25-19-49-34-26(20-50-33(25)34)24-13-14-27-28(17-24)41-36(40-27)30-7-5-15-44(30)3/h5,7,9-14,17-21,30-32H,6,8,15-16H2,1-4H3,(H,39,42)(H,40,41)(H,43,47). The highest BCUT2D eigenvalue weighted by Crippen LogP contribution is 2.45. The third-order valence-electron chi connectivity index (χ3n) is 9.91. The summed E-state index contributed by atoms with van der Waals surface area (Å²) in [6.45, 7) is 5.39. The highest BCUT2D eigenvalue weighted by molar-refractivity contribution is 7.27. The normalized spacial score (nSPS) is 18.5. The Morgan fingerprint density at radius 2 is 1.70 bits per heavy atom. The van der Waals surface area contributed by atoms with Gasteiger partial charge in [-0.3, -0.25) is 9.69 Å². The first kappa shape index (κ1) is 32.4. The second-order valence-electron chi connectivity index (χ2n) is 13.4. The van der Waals surface area contributed by atoms with E-state index >= 15 is 0 Å². The van der Waals surface area contributed by atoms with Gasteiger partial charge in [0.2, 0.25) is 5.91 Å². The number of thiophene rings is 2.